The van der Waals surface area contributed by atoms with Gasteiger partial charge in [-0.15, -0.1) is 0 Å². The lowest BCUT2D eigenvalue weighted by atomic mass is 10.1. The number of nitrogens with zero attached hydrogens (tertiary/aromatic N) is 2. The molecule has 1 atom stereocenters. The predicted molar refractivity (Wildman–Crippen MR) is 90.7 cm³/mol. The Morgan fingerprint density at radius 3 is 2.71 bits per heavy atom. The normalized spacial score (nSPS) is 21.2. The van der Waals surface area contributed by atoms with E-state index in [1.165, 1.54) is 4.31 Å². The average Bonchev–Trinajstić information content (AvgIpc) is 3.12. The number of rotatable bonds is 3. The zero-order valence-corrected chi connectivity index (χ0v) is 14.1. The molecule has 0 bridgehead atoms. The first kappa shape index (κ1) is 15.6. The van der Waals surface area contributed by atoms with Gasteiger partial charge in [-0.25, -0.2) is 8.42 Å². The molecule has 0 radical (unpaired) electrons. The molecule has 2 heterocycles. The first-order valence-electron chi connectivity index (χ1n) is 8.01. The van der Waals surface area contributed by atoms with E-state index in [0.29, 0.717) is 35.8 Å². The molecule has 2 aromatic rings. The number of sulfonamides is 1. The summed E-state index contributed by atoms with van der Waals surface area (Å²) in [5.74, 6) is -0.0933. The van der Waals surface area contributed by atoms with E-state index in [1.807, 2.05) is 6.92 Å². The van der Waals surface area contributed by atoms with Crippen LogP contribution in [-0.4, -0.2) is 49.5 Å². The summed E-state index contributed by atoms with van der Waals surface area (Å²) in [5, 5.41) is 10.9. The number of hydrogen-bond acceptors (Lipinski definition) is 4. The predicted octanol–water partition coefficient (Wildman–Crippen LogP) is 1.58. The van der Waals surface area contributed by atoms with Gasteiger partial charge in [0.25, 0.3) is 5.91 Å². The van der Waals surface area contributed by atoms with Crippen LogP contribution in [0.1, 0.15) is 23.7 Å². The maximum absolute atomic E-state index is 13.0. The molecule has 0 unspecified atom stereocenters. The summed E-state index contributed by atoms with van der Waals surface area (Å²) in [5.41, 5.74) is 1.30. The van der Waals surface area contributed by atoms with E-state index < -0.39 is 16.1 Å². The molecule has 2 aliphatic heterocycles. The lowest BCUT2D eigenvalue weighted by molar-refractivity contribution is 0.0994. The molecule has 1 amide bonds. The Balaban J connectivity index is 1.94. The van der Waals surface area contributed by atoms with E-state index in [2.05, 4.69) is 0 Å². The molecule has 7 heteroatoms. The number of aliphatic hydroxyl groups excluding tert-OH is 1. The van der Waals surface area contributed by atoms with Crippen LogP contribution >= 0.6 is 0 Å². The molecule has 1 fully saturated rings. The van der Waals surface area contributed by atoms with Gasteiger partial charge in [-0.3, -0.25) is 4.79 Å². The summed E-state index contributed by atoms with van der Waals surface area (Å²) >= 11 is 0. The fourth-order valence-corrected chi connectivity index (χ4v) is 5.31. The minimum absolute atomic E-state index is 0.0933. The topological polar surface area (TPSA) is 77.9 Å². The van der Waals surface area contributed by atoms with Gasteiger partial charge in [0.15, 0.2) is 0 Å². The number of anilines is 1. The van der Waals surface area contributed by atoms with Crippen LogP contribution in [-0.2, 0) is 10.0 Å². The van der Waals surface area contributed by atoms with Crippen LogP contribution in [0.25, 0.3) is 10.8 Å². The second-order valence-corrected chi connectivity index (χ2v) is 8.07. The van der Waals surface area contributed by atoms with Crippen LogP contribution in [0.5, 0.6) is 0 Å². The second-order valence-electron chi connectivity index (χ2n) is 6.17. The molecule has 1 saturated heterocycles. The van der Waals surface area contributed by atoms with Crippen LogP contribution in [0.15, 0.2) is 35.2 Å². The molecule has 2 aliphatic rings. The van der Waals surface area contributed by atoms with Crippen molar-refractivity contribution in [3.05, 3.63) is 35.9 Å². The number of benzene rings is 2. The van der Waals surface area contributed by atoms with E-state index in [0.717, 1.165) is 5.69 Å². The Bertz CT molecular complexity index is 954. The molecule has 0 aliphatic carbocycles. The SMILES string of the molecule is CCN1C(=O)c2cccc3c(S(=O)(=O)N4CC[C@H](O)C4)ccc1c23. The van der Waals surface area contributed by atoms with Crippen molar-refractivity contribution < 1.29 is 18.3 Å². The molecule has 6 nitrogen and oxygen atoms in total. The Hall–Kier alpha value is -1.96. The van der Waals surface area contributed by atoms with Crippen molar-refractivity contribution in [1.29, 1.82) is 0 Å². The highest BCUT2D eigenvalue weighted by molar-refractivity contribution is 7.89. The lowest BCUT2D eigenvalue weighted by Gasteiger charge is -2.19. The van der Waals surface area contributed by atoms with Gasteiger partial charge in [0, 0.05) is 36.0 Å². The Labute approximate surface area is 140 Å². The van der Waals surface area contributed by atoms with Crippen LogP contribution in [0.4, 0.5) is 5.69 Å². The Morgan fingerprint density at radius 2 is 2.04 bits per heavy atom. The summed E-state index contributed by atoms with van der Waals surface area (Å²) in [4.78, 5) is 14.4. The van der Waals surface area contributed by atoms with Crippen LogP contribution in [0.3, 0.4) is 0 Å². The monoisotopic (exact) mass is 346 g/mol. The van der Waals surface area contributed by atoms with Crippen molar-refractivity contribution in [1.82, 2.24) is 4.31 Å². The Kier molecular flexibility index (Phi) is 3.42. The number of β-amino-alcohol motifs (C(OH)–C–C–N with tert-alkyl or cyclic N) is 1. The number of aliphatic hydroxyl groups is 1. The van der Waals surface area contributed by atoms with E-state index >= 15 is 0 Å². The van der Waals surface area contributed by atoms with Gasteiger partial charge in [-0.05, 0) is 31.5 Å². The summed E-state index contributed by atoms with van der Waals surface area (Å²) in [6.45, 7) is 2.86. The second kappa shape index (κ2) is 5.27. The zero-order valence-electron chi connectivity index (χ0n) is 13.3. The molecule has 0 spiro atoms. The minimum atomic E-state index is -3.70. The van der Waals surface area contributed by atoms with Gasteiger partial charge in [-0.2, -0.15) is 4.31 Å². The van der Waals surface area contributed by atoms with Crippen molar-refractivity contribution >= 4 is 32.4 Å². The summed E-state index contributed by atoms with van der Waals surface area (Å²) in [7, 11) is -3.70. The maximum atomic E-state index is 13.0. The summed E-state index contributed by atoms with van der Waals surface area (Å²) in [6.07, 6.45) is -0.170. The number of carbonyl (C=O) groups is 1. The zero-order chi connectivity index (χ0) is 17.1. The van der Waals surface area contributed by atoms with Gasteiger partial charge in [0.1, 0.15) is 0 Å². The lowest BCUT2D eigenvalue weighted by Crippen LogP contribution is -2.30. The van der Waals surface area contributed by atoms with E-state index in [-0.39, 0.29) is 17.3 Å². The molecule has 1 N–H and O–H groups in total. The highest BCUT2D eigenvalue weighted by atomic mass is 32.2. The van der Waals surface area contributed by atoms with Crippen LogP contribution in [0.2, 0.25) is 0 Å². The van der Waals surface area contributed by atoms with Crippen LogP contribution < -0.4 is 4.90 Å². The van der Waals surface area contributed by atoms with Gasteiger partial charge >= 0.3 is 0 Å². The van der Waals surface area contributed by atoms with Crippen molar-refractivity contribution in [2.24, 2.45) is 0 Å². The summed E-state index contributed by atoms with van der Waals surface area (Å²) in [6, 6.07) is 8.48. The molecular formula is C17H18N2O4S. The van der Waals surface area contributed by atoms with Crippen molar-refractivity contribution in [3.63, 3.8) is 0 Å². The molecule has 2 aromatic carbocycles. The third kappa shape index (κ3) is 2.02. The van der Waals surface area contributed by atoms with Crippen molar-refractivity contribution in [2.75, 3.05) is 24.5 Å². The molecular weight excluding hydrogens is 328 g/mol. The highest BCUT2D eigenvalue weighted by Gasteiger charge is 2.35. The molecule has 24 heavy (non-hydrogen) atoms. The quantitative estimate of drug-likeness (QED) is 0.915. The van der Waals surface area contributed by atoms with Crippen molar-refractivity contribution in [2.45, 2.75) is 24.3 Å². The maximum Gasteiger partial charge on any atom is 0.258 e. The van der Waals surface area contributed by atoms with Gasteiger partial charge in [0.05, 0.1) is 16.7 Å². The van der Waals surface area contributed by atoms with Gasteiger partial charge in [0.2, 0.25) is 10.0 Å². The third-order valence-corrected chi connectivity index (χ3v) is 6.73. The average molecular weight is 346 g/mol. The number of carbonyl (C=O) groups excluding carboxylic acids is 1. The first-order chi connectivity index (χ1) is 11.4. The smallest absolute Gasteiger partial charge is 0.258 e. The fraction of sp³-hybridized carbons (Fsp3) is 0.353. The minimum Gasteiger partial charge on any atom is -0.392 e. The van der Waals surface area contributed by atoms with Gasteiger partial charge in [-0.1, -0.05) is 12.1 Å². The first-order valence-corrected chi connectivity index (χ1v) is 9.45. The number of amides is 1. The molecule has 126 valence electrons. The Morgan fingerprint density at radius 1 is 1.25 bits per heavy atom. The van der Waals surface area contributed by atoms with Gasteiger partial charge < -0.3 is 10.0 Å². The fourth-order valence-electron chi connectivity index (χ4n) is 3.63. The summed E-state index contributed by atoms with van der Waals surface area (Å²) < 4.78 is 27.3. The van der Waals surface area contributed by atoms with E-state index in [4.69, 9.17) is 0 Å². The number of hydrogen-bond donors (Lipinski definition) is 1. The van der Waals surface area contributed by atoms with Crippen molar-refractivity contribution in [3.8, 4) is 0 Å². The molecule has 0 saturated carbocycles. The standard InChI is InChI=1S/C17H18N2O4S/c1-2-19-14-6-7-15(24(22,23)18-9-8-11(20)10-18)12-4-3-5-13(16(12)14)17(19)21/h3-7,11,20H,2,8-10H2,1H3/t11-/m0/s1. The highest BCUT2D eigenvalue weighted by Crippen LogP contribution is 2.40. The molecule has 0 aromatic heterocycles. The van der Waals surface area contributed by atoms with Crippen LogP contribution in [0, 0.1) is 0 Å². The van der Waals surface area contributed by atoms with E-state index in [9.17, 15) is 18.3 Å². The van der Waals surface area contributed by atoms with E-state index in [1.54, 1.807) is 35.2 Å². The third-order valence-electron chi connectivity index (χ3n) is 4.81. The molecule has 4 rings (SSSR count). The largest absolute Gasteiger partial charge is 0.392 e.